The Kier molecular flexibility index (Phi) is 3.48. The van der Waals surface area contributed by atoms with Crippen molar-refractivity contribution in [1.82, 2.24) is 0 Å². The lowest BCUT2D eigenvalue weighted by Gasteiger charge is -2.33. The zero-order valence-corrected chi connectivity index (χ0v) is 12.6. The van der Waals surface area contributed by atoms with Crippen LogP contribution in [0.5, 0.6) is 0 Å². The van der Waals surface area contributed by atoms with E-state index >= 15 is 0 Å². The number of alkyl halides is 4. The van der Waals surface area contributed by atoms with Crippen LogP contribution >= 0.6 is 69.6 Å². The number of aliphatic hydroxyl groups excluding tert-OH is 2. The van der Waals surface area contributed by atoms with Gasteiger partial charge in [-0.3, -0.25) is 0 Å². The van der Waals surface area contributed by atoms with Gasteiger partial charge < -0.3 is 10.2 Å². The standard InChI is InChI=1S/C9H6Cl6O2/c10-5-6(11)8(13)4(2-17)3(1-16)7(5,12)9(8,14)15/h16-17H,1-2H2/t7-,8+. The van der Waals surface area contributed by atoms with E-state index in [-0.39, 0.29) is 21.2 Å². The lowest BCUT2D eigenvalue weighted by molar-refractivity contribution is 0.307. The smallest absolute Gasteiger partial charge is 0.174 e. The quantitative estimate of drug-likeness (QED) is 0.588. The van der Waals surface area contributed by atoms with Crippen LogP contribution in [-0.4, -0.2) is 37.5 Å². The molecule has 2 bridgehead atoms. The molecule has 96 valence electrons. The molecule has 0 aromatic heterocycles. The van der Waals surface area contributed by atoms with Crippen LogP contribution in [-0.2, 0) is 0 Å². The second kappa shape index (κ2) is 4.07. The second-order valence-corrected chi connectivity index (χ2v) is 7.01. The van der Waals surface area contributed by atoms with Crippen molar-refractivity contribution in [3.05, 3.63) is 21.2 Å². The van der Waals surface area contributed by atoms with E-state index < -0.39 is 27.3 Å². The topological polar surface area (TPSA) is 40.5 Å². The van der Waals surface area contributed by atoms with Crippen molar-refractivity contribution < 1.29 is 10.2 Å². The van der Waals surface area contributed by atoms with Crippen molar-refractivity contribution >= 4 is 69.6 Å². The van der Waals surface area contributed by atoms with Gasteiger partial charge in [-0.15, -0.1) is 23.2 Å². The summed E-state index contributed by atoms with van der Waals surface area (Å²) in [5.41, 5.74) is 0.382. The van der Waals surface area contributed by atoms with Crippen LogP contribution in [0, 0.1) is 0 Å². The molecule has 0 fully saturated rings. The summed E-state index contributed by atoms with van der Waals surface area (Å²) in [6.45, 7) is -0.953. The highest BCUT2D eigenvalue weighted by Gasteiger charge is 2.77. The minimum absolute atomic E-state index is 0.0258. The summed E-state index contributed by atoms with van der Waals surface area (Å²) in [5.74, 6) is 0. The van der Waals surface area contributed by atoms with Crippen molar-refractivity contribution in [3.63, 3.8) is 0 Å². The number of allylic oxidation sites excluding steroid dienone is 2. The lowest BCUT2D eigenvalue weighted by atomic mass is 9.97. The predicted octanol–water partition coefficient (Wildman–Crippen LogP) is 3.11. The van der Waals surface area contributed by atoms with Gasteiger partial charge in [0.1, 0.15) is 9.75 Å². The lowest BCUT2D eigenvalue weighted by Crippen LogP contribution is -2.46. The highest BCUT2D eigenvalue weighted by Crippen LogP contribution is 2.73. The van der Waals surface area contributed by atoms with E-state index in [4.69, 9.17) is 69.6 Å². The molecule has 2 aliphatic rings. The van der Waals surface area contributed by atoms with Crippen molar-refractivity contribution in [2.75, 3.05) is 13.2 Å². The molecule has 8 heteroatoms. The molecule has 0 spiro atoms. The van der Waals surface area contributed by atoms with E-state index in [1.165, 1.54) is 0 Å². The van der Waals surface area contributed by atoms with E-state index in [9.17, 15) is 10.2 Å². The molecular formula is C9H6Cl6O2. The van der Waals surface area contributed by atoms with E-state index in [0.29, 0.717) is 0 Å². The Bertz CT molecular complexity index is 418. The van der Waals surface area contributed by atoms with Crippen molar-refractivity contribution in [3.8, 4) is 0 Å². The minimum atomic E-state index is -1.77. The fourth-order valence-electron chi connectivity index (χ4n) is 2.28. The average molecular weight is 359 g/mol. The van der Waals surface area contributed by atoms with Crippen molar-refractivity contribution in [1.29, 1.82) is 0 Å². The highest BCUT2D eigenvalue weighted by atomic mass is 35.5. The maximum Gasteiger partial charge on any atom is 0.174 e. The summed E-state index contributed by atoms with van der Waals surface area (Å²) in [7, 11) is 0. The molecule has 0 amide bonds. The fourth-order valence-corrected chi connectivity index (χ4v) is 5.07. The van der Waals surface area contributed by atoms with Crippen molar-refractivity contribution in [2.45, 2.75) is 14.1 Å². The molecule has 0 unspecified atom stereocenters. The zero-order chi connectivity index (χ0) is 13.2. The van der Waals surface area contributed by atoms with Crippen LogP contribution in [0.15, 0.2) is 21.2 Å². The second-order valence-electron chi connectivity index (χ2n) is 3.79. The Morgan fingerprint density at radius 2 is 1.06 bits per heavy atom. The Labute approximate surface area is 128 Å². The molecule has 0 heterocycles. The van der Waals surface area contributed by atoms with Gasteiger partial charge in [0.2, 0.25) is 0 Å². The van der Waals surface area contributed by atoms with Crippen LogP contribution in [0.3, 0.4) is 0 Å². The van der Waals surface area contributed by atoms with Crippen molar-refractivity contribution in [2.24, 2.45) is 0 Å². The molecule has 0 aromatic carbocycles. The molecule has 2 aliphatic carbocycles. The van der Waals surface area contributed by atoms with Gasteiger partial charge in [0.15, 0.2) is 4.33 Å². The number of fused-ring (bicyclic) bond motifs is 2. The molecule has 2 nitrogen and oxygen atoms in total. The fraction of sp³-hybridized carbons (Fsp3) is 0.556. The van der Waals surface area contributed by atoms with Gasteiger partial charge in [0.05, 0.1) is 23.3 Å². The van der Waals surface area contributed by atoms with Gasteiger partial charge in [-0.25, -0.2) is 0 Å². The first-order chi connectivity index (χ1) is 7.71. The summed E-state index contributed by atoms with van der Waals surface area (Å²) < 4.78 is -1.77. The Morgan fingerprint density at radius 1 is 0.765 bits per heavy atom. The van der Waals surface area contributed by atoms with Gasteiger partial charge in [-0.2, -0.15) is 0 Å². The molecule has 2 atom stereocenters. The maximum atomic E-state index is 9.35. The van der Waals surface area contributed by atoms with Gasteiger partial charge in [-0.05, 0) is 11.1 Å². The molecule has 17 heavy (non-hydrogen) atoms. The van der Waals surface area contributed by atoms with Gasteiger partial charge >= 0.3 is 0 Å². The normalized spacial score (nSPS) is 39.5. The average Bonchev–Trinajstić information content (AvgIpc) is 2.48. The molecule has 0 radical (unpaired) electrons. The third-order valence-electron chi connectivity index (χ3n) is 3.18. The molecule has 0 saturated heterocycles. The SMILES string of the molecule is OCC1=C(CO)[C@@]2(Cl)C(Cl)=C(Cl)[C@]1(Cl)C2(Cl)Cl. The molecular weight excluding hydrogens is 353 g/mol. The Morgan fingerprint density at radius 3 is 1.29 bits per heavy atom. The third-order valence-corrected chi connectivity index (χ3v) is 7.33. The predicted molar refractivity (Wildman–Crippen MR) is 71.5 cm³/mol. The first kappa shape index (κ1) is 14.5. The highest BCUT2D eigenvalue weighted by molar-refractivity contribution is 6.67. The monoisotopic (exact) mass is 356 g/mol. The number of hydrogen-bond donors (Lipinski definition) is 2. The van der Waals surface area contributed by atoms with Gasteiger partial charge in [0.25, 0.3) is 0 Å². The number of rotatable bonds is 2. The van der Waals surface area contributed by atoms with Crippen LogP contribution < -0.4 is 0 Å². The van der Waals surface area contributed by atoms with Gasteiger partial charge in [0, 0.05) is 0 Å². The summed E-state index contributed by atoms with van der Waals surface area (Å²) in [4.78, 5) is -3.22. The molecule has 2 rings (SSSR count). The first-order valence-corrected chi connectivity index (χ1v) is 6.74. The summed E-state index contributed by atoms with van der Waals surface area (Å²) >= 11 is 37.0. The number of halogens is 6. The number of hydrogen-bond acceptors (Lipinski definition) is 2. The van der Waals surface area contributed by atoms with Gasteiger partial charge in [-0.1, -0.05) is 46.4 Å². The molecule has 0 aromatic rings. The van der Waals surface area contributed by atoms with E-state index in [1.54, 1.807) is 0 Å². The van der Waals surface area contributed by atoms with Crippen LogP contribution in [0.4, 0.5) is 0 Å². The van der Waals surface area contributed by atoms with E-state index in [0.717, 1.165) is 0 Å². The van der Waals surface area contributed by atoms with Crippen LogP contribution in [0.1, 0.15) is 0 Å². The van der Waals surface area contributed by atoms with Crippen LogP contribution in [0.25, 0.3) is 0 Å². The Balaban J connectivity index is 2.81. The summed E-state index contributed by atoms with van der Waals surface area (Å²) in [5, 5.41) is 18.7. The number of aliphatic hydroxyl groups is 2. The third kappa shape index (κ3) is 1.29. The zero-order valence-electron chi connectivity index (χ0n) is 8.08. The van der Waals surface area contributed by atoms with E-state index in [1.807, 2.05) is 0 Å². The minimum Gasteiger partial charge on any atom is -0.392 e. The van der Waals surface area contributed by atoms with Crippen LogP contribution in [0.2, 0.25) is 0 Å². The first-order valence-electron chi connectivity index (χ1n) is 4.47. The van der Waals surface area contributed by atoms with E-state index in [2.05, 4.69) is 0 Å². The largest absolute Gasteiger partial charge is 0.392 e. The molecule has 2 N–H and O–H groups in total. The molecule has 0 aliphatic heterocycles. The maximum absolute atomic E-state index is 9.35. The molecule has 0 saturated carbocycles. The summed E-state index contributed by atoms with van der Waals surface area (Å²) in [6.07, 6.45) is 0. The Hall–Kier alpha value is 1.14. The summed E-state index contributed by atoms with van der Waals surface area (Å²) in [6, 6.07) is 0.